The zero-order chi connectivity index (χ0) is 27.3. The number of ketones is 1. The lowest BCUT2D eigenvalue weighted by Gasteiger charge is -2.33. The van der Waals surface area contributed by atoms with Crippen LogP contribution in [0.5, 0.6) is 5.75 Å². The number of aliphatic hydroxyl groups is 2. The number of quaternary nitrogens is 1. The smallest absolute Gasteiger partial charge is 0.294 e. The molecule has 0 atom stereocenters. The third kappa shape index (κ3) is 10.4. The van der Waals surface area contributed by atoms with Crippen LogP contribution in [-0.4, -0.2) is 80.0 Å². The maximum atomic E-state index is 12.4. The molecule has 3 rings (SSSR count). The Kier molecular flexibility index (Phi) is 11.9. The molecule has 0 aliphatic heterocycles. The summed E-state index contributed by atoms with van der Waals surface area (Å²) in [5.74, 6) is 0.728. The first-order chi connectivity index (χ1) is 17.6. The van der Waals surface area contributed by atoms with Crippen molar-refractivity contribution in [3.05, 3.63) is 95.6 Å². The first-order valence-corrected chi connectivity index (χ1v) is 13.4. The summed E-state index contributed by atoms with van der Waals surface area (Å²) < 4.78 is 35.9. The Morgan fingerprint density at radius 1 is 0.811 bits per heavy atom. The van der Waals surface area contributed by atoms with Crippen LogP contribution in [-0.2, 0) is 10.1 Å². The Morgan fingerprint density at radius 3 is 1.86 bits per heavy atom. The van der Waals surface area contributed by atoms with E-state index in [0.717, 1.165) is 24.3 Å². The van der Waals surface area contributed by atoms with E-state index in [1.165, 1.54) is 12.1 Å². The van der Waals surface area contributed by atoms with E-state index < -0.39 is 10.1 Å². The summed E-state index contributed by atoms with van der Waals surface area (Å²) in [5, 5.41) is 18.3. The van der Waals surface area contributed by atoms with Crippen LogP contribution in [0.15, 0.2) is 83.8 Å². The first kappa shape index (κ1) is 30.1. The van der Waals surface area contributed by atoms with E-state index >= 15 is 0 Å². The van der Waals surface area contributed by atoms with Gasteiger partial charge in [0.05, 0.1) is 38.3 Å². The zero-order valence-corrected chi connectivity index (χ0v) is 22.1. The van der Waals surface area contributed by atoms with Gasteiger partial charge in [0.1, 0.15) is 18.8 Å². The molecule has 3 N–H and O–H groups in total. The van der Waals surface area contributed by atoms with Gasteiger partial charge in [0.15, 0.2) is 5.78 Å². The fourth-order valence-corrected chi connectivity index (χ4v) is 4.10. The number of hydrogen-bond donors (Lipinski definition) is 3. The Bertz CT molecular complexity index is 1190. The molecule has 0 bridgehead atoms. The molecule has 0 fully saturated rings. The lowest BCUT2D eigenvalue weighted by molar-refractivity contribution is -0.910. The molecule has 0 amide bonds. The van der Waals surface area contributed by atoms with E-state index in [0.29, 0.717) is 35.3 Å². The van der Waals surface area contributed by atoms with Crippen molar-refractivity contribution in [3.63, 3.8) is 0 Å². The molecule has 9 heteroatoms. The molecule has 0 saturated heterocycles. The molecule has 0 unspecified atom stereocenters. The second-order valence-corrected chi connectivity index (χ2v) is 10.4. The van der Waals surface area contributed by atoms with Crippen LogP contribution in [0.25, 0.3) is 0 Å². The highest BCUT2D eigenvalue weighted by Gasteiger charge is 2.19. The summed E-state index contributed by atoms with van der Waals surface area (Å²) in [5.41, 5.74) is 2.27. The molecule has 3 aromatic carbocycles. The molecule has 0 radical (unpaired) electrons. The molecule has 200 valence electrons. The summed E-state index contributed by atoms with van der Waals surface area (Å²) in [4.78, 5) is 12.3. The van der Waals surface area contributed by atoms with Crippen LogP contribution in [0, 0.1) is 6.92 Å². The van der Waals surface area contributed by atoms with E-state index in [1.54, 1.807) is 36.4 Å². The van der Waals surface area contributed by atoms with Crippen molar-refractivity contribution < 1.29 is 37.2 Å². The molecule has 0 aliphatic carbocycles. The number of hydrogen-bond acceptors (Lipinski definition) is 6. The molecule has 0 aromatic heterocycles. The van der Waals surface area contributed by atoms with Crippen LogP contribution in [0.3, 0.4) is 0 Å². The predicted molar refractivity (Wildman–Crippen MR) is 142 cm³/mol. The van der Waals surface area contributed by atoms with Crippen molar-refractivity contribution in [1.29, 1.82) is 0 Å². The van der Waals surface area contributed by atoms with Crippen LogP contribution >= 0.6 is 0 Å². The number of carbonyl (C=O) groups is 1. The maximum absolute atomic E-state index is 12.4. The first-order valence-electron chi connectivity index (χ1n) is 12.0. The van der Waals surface area contributed by atoms with Gasteiger partial charge in [0.2, 0.25) is 0 Å². The summed E-state index contributed by atoms with van der Waals surface area (Å²) in [6.07, 6.45) is 0.821. The number of carbonyl (C=O) groups excluding carboxylic acids is 1. The van der Waals surface area contributed by atoms with Gasteiger partial charge in [-0.2, -0.15) is 8.42 Å². The quantitative estimate of drug-likeness (QED) is 0.142. The van der Waals surface area contributed by atoms with Gasteiger partial charge in [-0.3, -0.25) is 9.35 Å². The summed E-state index contributed by atoms with van der Waals surface area (Å²) in [7, 11) is -2.00. The SMILES string of the molecule is C[N+](CCO)(CCO)CCCOc1ccc(C(=O)c2ccccc2)cc1.Cc1ccc(S(=O)(=O)O)cc1. The molecule has 0 spiro atoms. The highest BCUT2D eigenvalue weighted by Crippen LogP contribution is 2.16. The molecule has 8 nitrogen and oxygen atoms in total. The Balaban J connectivity index is 0.000000364. The maximum Gasteiger partial charge on any atom is 0.294 e. The monoisotopic (exact) mass is 530 g/mol. The number of rotatable bonds is 12. The Morgan fingerprint density at radius 2 is 1.35 bits per heavy atom. The molecule has 37 heavy (non-hydrogen) atoms. The van der Waals surface area contributed by atoms with Crippen molar-refractivity contribution in [1.82, 2.24) is 0 Å². The molecule has 0 aliphatic rings. The minimum Gasteiger partial charge on any atom is -0.493 e. The topological polar surface area (TPSA) is 121 Å². The van der Waals surface area contributed by atoms with Gasteiger partial charge in [0.25, 0.3) is 10.1 Å². The molecular weight excluding hydrogens is 494 g/mol. The van der Waals surface area contributed by atoms with E-state index in [9.17, 15) is 13.2 Å². The van der Waals surface area contributed by atoms with Gasteiger partial charge in [-0.05, 0) is 43.3 Å². The molecular formula is C28H36NO7S+. The van der Waals surface area contributed by atoms with Crippen molar-refractivity contribution in [3.8, 4) is 5.75 Å². The van der Waals surface area contributed by atoms with Crippen molar-refractivity contribution >= 4 is 15.9 Å². The number of likely N-dealkylation sites (N-methyl/N-ethyl adjacent to an activating group) is 1. The van der Waals surface area contributed by atoms with Gasteiger partial charge in [-0.15, -0.1) is 0 Å². The predicted octanol–water partition coefficient (Wildman–Crippen LogP) is 3.36. The Hall–Kier alpha value is -3.08. The third-order valence-corrected chi connectivity index (χ3v) is 6.73. The summed E-state index contributed by atoms with van der Waals surface area (Å²) in [6, 6.07) is 22.4. The minimum absolute atomic E-state index is 0.00164. The fourth-order valence-electron chi connectivity index (χ4n) is 3.62. The zero-order valence-electron chi connectivity index (χ0n) is 21.3. The average molecular weight is 531 g/mol. The van der Waals surface area contributed by atoms with Crippen LogP contribution in [0.1, 0.15) is 27.9 Å². The van der Waals surface area contributed by atoms with E-state index in [1.807, 2.05) is 44.3 Å². The van der Waals surface area contributed by atoms with Crippen LogP contribution < -0.4 is 4.74 Å². The highest BCUT2D eigenvalue weighted by atomic mass is 32.2. The molecule has 0 saturated carbocycles. The third-order valence-electron chi connectivity index (χ3n) is 5.86. The van der Waals surface area contributed by atoms with Gasteiger partial charge < -0.3 is 19.4 Å². The van der Waals surface area contributed by atoms with Crippen LogP contribution in [0.2, 0.25) is 0 Å². The van der Waals surface area contributed by atoms with Crippen molar-refractivity contribution in [2.75, 3.05) is 46.5 Å². The summed E-state index contributed by atoms with van der Waals surface area (Å²) in [6.45, 7) is 4.67. The average Bonchev–Trinajstić information content (AvgIpc) is 2.87. The number of ether oxygens (including phenoxy) is 1. The summed E-state index contributed by atoms with van der Waals surface area (Å²) >= 11 is 0. The number of aliphatic hydroxyl groups excluding tert-OH is 2. The molecule has 3 aromatic rings. The number of benzene rings is 3. The minimum atomic E-state index is -4.02. The van der Waals surface area contributed by atoms with Gasteiger partial charge in [-0.25, -0.2) is 0 Å². The van der Waals surface area contributed by atoms with Gasteiger partial charge in [0, 0.05) is 17.5 Å². The van der Waals surface area contributed by atoms with E-state index in [2.05, 4.69) is 0 Å². The van der Waals surface area contributed by atoms with E-state index in [4.69, 9.17) is 19.5 Å². The fraction of sp³-hybridized carbons (Fsp3) is 0.321. The van der Waals surface area contributed by atoms with Gasteiger partial charge in [-0.1, -0.05) is 48.0 Å². The standard InChI is InChI=1S/C21H28NO4.C7H8O3S/c1-22(13-15-23,14-16-24)12-5-17-26-20-10-8-19(9-11-20)21(25)18-6-3-2-4-7-18;1-6-2-4-7(5-3-6)11(8,9)10/h2-4,6-11,23-24H,5,12-17H2,1H3;2-5H,1H3,(H,8,9,10)/q+1;. The number of aryl methyl sites for hydroxylation is 1. The second kappa shape index (κ2) is 14.6. The van der Waals surface area contributed by atoms with Crippen molar-refractivity contribution in [2.45, 2.75) is 18.2 Å². The number of nitrogens with zero attached hydrogens (tertiary/aromatic N) is 1. The van der Waals surface area contributed by atoms with E-state index in [-0.39, 0.29) is 23.9 Å². The highest BCUT2D eigenvalue weighted by molar-refractivity contribution is 7.85. The lowest BCUT2D eigenvalue weighted by Crippen LogP contribution is -2.49. The van der Waals surface area contributed by atoms with Gasteiger partial charge >= 0.3 is 0 Å². The molecule has 0 heterocycles. The van der Waals surface area contributed by atoms with Crippen LogP contribution in [0.4, 0.5) is 0 Å². The van der Waals surface area contributed by atoms with Crippen molar-refractivity contribution in [2.24, 2.45) is 0 Å². The largest absolute Gasteiger partial charge is 0.493 e. The lowest BCUT2D eigenvalue weighted by atomic mass is 10.0. The second-order valence-electron chi connectivity index (χ2n) is 8.95. The normalized spacial score (nSPS) is 11.4. The Labute approximate surface area is 219 Å².